The lowest BCUT2D eigenvalue weighted by Crippen LogP contribution is -2.36. The summed E-state index contributed by atoms with van der Waals surface area (Å²) in [5.41, 5.74) is 0.650. The first-order chi connectivity index (χ1) is 11.5. The predicted molar refractivity (Wildman–Crippen MR) is 93.9 cm³/mol. The smallest absolute Gasteiger partial charge is 0.250 e. The Morgan fingerprint density at radius 1 is 0.958 bits per heavy atom. The third-order valence-corrected chi connectivity index (χ3v) is 6.31. The van der Waals surface area contributed by atoms with Gasteiger partial charge in [0.1, 0.15) is 0 Å². The number of sulfonamides is 1. The van der Waals surface area contributed by atoms with Gasteiger partial charge in [0.25, 0.3) is 5.56 Å². The lowest BCUT2D eigenvalue weighted by atomic mass is 10.2. The van der Waals surface area contributed by atoms with Crippen molar-refractivity contribution in [3.05, 3.63) is 63.5 Å². The van der Waals surface area contributed by atoms with Crippen LogP contribution in [0.3, 0.4) is 0 Å². The van der Waals surface area contributed by atoms with Crippen LogP contribution in [0, 0.1) is 0 Å². The van der Waals surface area contributed by atoms with E-state index in [9.17, 15) is 13.2 Å². The number of nitrogens with zero attached hydrogens (tertiary/aromatic N) is 2. The van der Waals surface area contributed by atoms with E-state index in [-0.39, 0.29) is 10.5 Å². The number of hydrogen-bond acceptors (Lipinski definition) is 3. The van der Waals surface area contributed by atoms with Crippen molar-refractivity contribution in [1.29, 1.82) is 0 Å². The van der Waals surface area contributed by atoms with Gasteiger partial charge < -0.3 is 4.57 Å². The number of aromatic nitrogens is 1. The minimum atomic E-state index is -3.55. The third kappa shape index (κ3) is 3.71. The summed E-state index contributed by atoms with van der Waals surface area (Å²) in [6.45, 7) is 1.39. The molecule has 24 heavy (non-hydrogen) atoms. The molecule has 0 spiro atoms. The summed E-state index contributed by atoms with van der Waals surface area (Å²) in [5, 5.41) is 0.618. The molecule has 1 fully saturated rings. The molecular weight excluding hydrogens is 348 g/mol. The van der Waals surface area contributed by atoms with Crippen molar-refractivity contribution in [2.75, 3.05) is 13.1 Å². The van der Waals surface area contributed by atoms with Crippen molar-refractivity contribution in [3.8, 4) is 0 Å². The average Bonchev–Trinajstić information content (AvgIpc) is 2.59. The van der Waals surface area contributed by atoms with Crippen LogP contribution in [0.4, 0.5) is 0 Å². The lowest BCUT2D eigenvalue weighted by Gasteiger charge is -2.26. The van der Waals surface area contributed by atoms with E-state index in [1.807, 2.05) is 12.1 Å². The summed E-state index contributed by atoms with van der Waals surface area (Å²) in [6, 6.07) is 9.84. The molecule has 3 rings (SSSR count). The van der Waals surface area contributed by atoms with E-state index in [1.165, 1.54) is 27.2 Å². The van der Waals surface area contributed by atoms with Gasteiger partial charge in [0.15, 0.2) is 0 Å². The van der Waals surface area contributed by atoms with Crippen LogP contribution in [0.25, 0.3) is 0 Å². The number of benzene rings is 1. The van der Waals surface area contributed by atoms with Gasteiger partial charge in [0.2, 0.25) is 10.0 Å². The average molecular weight is 367 g/mol. The third-order valence-electron chi connectivity index (χ3n) is 4.18. The zero-order chi connectivity index (χ0) is 17.2. The summed E-state index contributed by atoms with van der Waals surface area (Å²) in [4.78, 5) is 12.2. The molecule has 0 atom stereocenters. The normalized spacial score (nSPS) is 16.2. The first kappa shape index (κ1) is 17.2. The predicted octanol–water partition coefficient (Wildman–Crippen LogP) is 2.72. The molecule has 2 heterocycles. The van der Waals surface area contributed by atoms with E-state index in [0.29, 0.717) is 24.7 Å². The minimum absolute atomic E-state index is 0.165. The number of pyridine rings is 1. The summed E-state index contributed by atoms with van der Waals surface area (Å²) >= 11 is 5.86. The van der Waals surface area contributed by atoms with E-state index in [1.54, 1.807) is 12.1 Å². The molecule has 2 aromatic rings. The van der Waals surface area contributed by atoms with Crippen LogP contribution in [0.15, 0.2) is 52.3 Å². The van der Waals surface area contributed by atoms with Gasteiger partial charge in [-0.25, -0.2) is 8.42 Å². The monoisotopic (exact) mass is 366 g/mol. The second-order valence-corrected chi connectivity index (χ2v) is 8.30. The van der Waals surface area contributed by atoms with Crippen LogP contribution in [-0.2, 0) is 16.6 Å². The highest BCUT2D eigenvalue weighted by Gasteiger charge is 2.26. The van der Waals surface area contributed by atoms with Gasteiger partial charge in [-0.15, -0.1) is 0 Å². The van der Waals surface area contributed by atoms with Crippen LogP contribution >= 0.6 is 11.6 Å². The first-order valence-electron chi connectivity index (χ1n) is 7.92. The Balaban J connectivity index is 1.90. The van der Waals surface area contributed by atoms with E-state index in [0.717, 1.165) is 24.8 Å². The molecule has 128 valence electrons. The van der Waals surface area contributed by atoms with Crippen LogP contribution in [0.1, 0.15) is 24.8 Å². The Bertz CT molecular complexity index is 869. The van der Waals surface area contributed by atoms with Gasteiger partial charge in [-0.2, -0.15) is 4.31 Å². The zero-order valence-corrected chi connectivity index (χ0v) is 14.8. The van der Waals surface area contributed by atoms with E-state index >= 15 is 0 Å². The molecule has 0 unspecified atom stereocenters. The van der Waals surface area contributed by atoms with Gasteiger partial charge in [0.05, 0.1) is 11.4 Å². The zero-order valence-electron chi connectivity index (χ0n) is 13.2. The summed E-state index contributed by atoms with van der Waals surface area (Å²) in [5.74, 6) is 0. The maximum Gasteiger partial charge on any atom is 0.250 e. The van der Waals surface area contributed by atoms with Gasteiger partial charge >= 0.3 is 0 Å². The highest BCUT2D eigenvalue weighted by molar-refractivity contribution is 7.89. The number of rotatable bonds is 4. The van der Waals surface area contributed by atoms with E-state index in [2.05, 4.69) is 0 Å². The number of halogens is 1. The molecule has 0 bridgehead atoms. The Hall–Kier alpha value is -1.63. The molecule has 5 nitrogen and oxygen atoms in total. The lowest BCUT2D eigenvalue weighted by molar-refractivity contribution is 0.346. The molecule has 1 aliphatic heterocycles. The maximum absolute atomic E-state index is 12.7. The quantitative estimate of drug-likeness (QED) is 0.835. The summed E-state index contributed by atoms with van der Waals surface area (Å²) in [6.07, 6.45) is 4.25. The van der Waals surface area contributed by atoms with Gasteiger partial charge in [-0.05, 0) is 36.6 Å². The molecular formula is C17H19ClN2O3S. The molecule has 7 heteroatoms. The first-order valence-corrected chi connectivity index (χ1v) is 9.74. The maximum atomic E-state index is 12.7. The second kappa shape index (κ2) is 7.09. The van der Waals surface area contributed by atoms with Gasteiger partial charge in [-0.3, -0.25) is 4.79 Å². The molecule has 0 aliphatic carbocycles. The van der Waals surface area contributed by atoms with Crippen LogP contribution in [0.5, 0.6) is 0 Å². The topological polar surface area (TPSA) is 59.4 Å². The second-order valence-electron chi connectivity index (χ2n) is 5.92. The van der Waals surface area contributed by atoms with E-state index < -0.39 is 10.0 Å². The van der Waals surface area contributed by atoms with Crippen molar-refractivity contribution in [1.82, 2.24) is 8.87 Å². The SMILES string of the molecule is O=c1ccc(S(=O)(=O)N2CCCCC2)cn1Cc1ccc(Cl)cc1. The number of piperidine rings is 1. The molecule has 1 aromatic heterocycles. The van der Waals surface area contributed by atoms with Crippen LogP contribution in [0.2, 0.25) is 5.02 Å². The fourth-order valence-corrected chi connectivity index (χ4v) is 4.49. The molecule has 0 amide bonds. The molecule has 1 saturated heterocycles. The van der Waals surface area contributed by atoms with E-state index in [4.69, 9.17) is 11.6 Å². The summed E-state index contributed by atoms with van der Waals surface area (Å²) < 4.78 is 28.4. The molecule has 1 aliphatic rings. The Morgan fingerprint density at radius 2 is 1.62 bits per heavy atom. The molecule has 0 N–H and O–H groups in total. The van der Waals surface area contributed by atoms with Gasteiger partial charge in [-0.1, -0.05) is 30.2 Å². The van der Waals surface area contributed by atoms with Crippen molar-refractivity contribution in [3.63, 3.8) is 0 Å². The molecule has 1 aromatic carbocycles. The standard InChI is InChI=1S/C17H19ClN2O3S/c18-15-6-4-14(5-7-15)12-19-13-16(8-9-17(19)21)24(22,23)20-10-2-1-3-11-20/h4-9,13H,1-3,10-12H2. The number of hydrogen-bond donors (Lipinski definition) is 0. The largest absolute Gasteiger partial charge is 0.310 e. The fourth-order valence-electron chi connectivity index (χ4n) is 2.83. The molecule has 0 saturated carbocycles. The summed E-state index contributed by atoms with van der Waals surface area (Å²) in [7, 11) is -3.55. The Kier molecular flexibility index (Phi) is 5.08. The van der Waals surface area contributed by atoms with Crippen LogP contribution < -0.4 is 5.56 Å². The van der Waals surface area contributed by atoms with Crippen molar-refractivity contribution < 1.29 is 8.42 Å². The van der Waals surface area contributed by atoms with Crippen molar-refractivity contribution in [2.24, 2.45) is 0 Å². The minimum Gasteiger partial charge on any atom is -0.310 e. The molecule has 0 radical (unpaired) electrons. The Morgan fingerprint density at radius 3 is 2.29 bits per heavy atom. The Labute approximate surface area is 146 Å². The van der Waals surface area contributed by atoms with Crippen molar-refractivity contribution in [2.45, 2.75) is 30.7 Å². The van der Waals surface area contributed by atoms with Crippen molar-refractivity contribution >= 4 is 21.6 Å². The highest BCUT2D eigenvalue weighted by Crippen LogP contribution is 2.20. The highest BCUT2D eigenvalue weighted by atomic mass is 35.5. The van der Waals surface area contributed by atoms with Crippen LogP contribution in [-0.4, -0.2) is 30.4 Å². The fraction of sp³-hybridized carbons (Fsp3) is 0.353. The van der Waals surface area contributed by atoms with Gasteiger partial charge in [0, 0.05) is 30.4 Å².